The summed E-state index contributed by atoms with van der Waals surface area (Å²) in [5.74, 6) is 1.33. The summed E-state index contributed by atoms with van der Waals surface area (Å²) in [6.07, 6.45) is 0. The van der Waals surface area contributed by atoms with Crippen LogP contribution in [-0.4, -0.2) is 14.5 Å². The summed E-state index contributed by atoms with van der Waals surface area (Å²) >= 11 is 0. The molecule has 9 rings (SSSR count). The van der Waals surface area contributed by atoms with Gasteiger partial charge in [0, 0.05) is 26.0 Å². The van der Waals surface area contributed by atoms with Crippen molar-refractivity contribution in [1.82, 2.24) is 14.5 Å². The van der Waals surface area contributed by atoms with E-state index in [1.807, 2.05) is 30.3 Å². The minimum absolute atomic E-state index is 0.0951. The zero-order chi connectivity index (χ0) is 35.9. The van der Waals surface area contributed by atoms with Crippen molar-refractivity contribution in [3.05, 3.63) is 138 Å². The van der Waals surface area contributed by atoms with Crippen molar-refractivity contribution in [3.63, 3.8) is 0 Å². The first-order chi connectivity index (χ1) is 25.1. The Morgan fingerprint density at radius 3 is 2.16 bits per heavy atom. The maximum absolute atomic E-state index is 7.85. The molecule has 3 aromatic heterocycles. The average Bonchev–Trinajstić information content (AvgIpc) is 3.72. The highest BCUT2D eigenvalue weighted by molar-refractivity contribution is 6.22. The molecule has 0 amide bonds. The minimum atomic E-state index is -2.27. The van der Waals surface area contributed by atoms with Crippen molar-refractivity contribution in [3.8, 4) is 28.2 Å². The van der Waals surface area contributed by atoms with Crippen LogP contribution >= 0.6 is 0 Å². The SMILES string of the molecule is [2H]C([2H])([2H])c1ccc2cc3c(ccc4oc5c(-c6nc7ccccc7n6-c6c(C(C)C)cc(-c7ccccc7)cc6C(C)C)cccc5c43)cc2n1. The molecule has 0 saturated heterocycles. The Labute approximate surface area is 289 Å². The Kier molecular flexibility index (Phi) is 5.98. The predicted molar refractivity (Wildman–Crippen MR) is 205 cm³/mol. The number of pyridine rings is 1. The van der Waals surface area contributed by atoms with Gasteiger partial charge in [0.15, 0.2) is 0 Å². The molecule has 4 nitrogen and oxygen atoms in total. The number of aryl methyl sites for hydroxylation is 1. The van der Waals surface area contributed by atoms with Crippen LogP contribution in [-0.2, 0) is 0 Å². The fraction of sp³-hybridized carbons (Fsp3) is 0.156. The summed E-state index contributed by atoms with van der Waals surface area (Å²) in [5, 5.41) is 4.88. The van der Waals surface area contributed by atoms with Crippen LogP contribution in [0.3, 0.4) is 0 Å². The van der Waals surface area contributed by atoms with Crippen LogP contribution in [0.25, 0.3) is 82.8 Å². The lowest BCUT2D eigenvalue weighted by Crippen LogP contribution is -2.09. The molecule has 6 aromatic carbocycles. The molecule has 0 spiro atoms. The summed E-state index contributed by atoms with van der Waals surface area (Å²) in [6, 6.07) is 41.6. The second kappa shape index (κ2) is 11.2. The van der Waals surface area contributed by atoms with Crippen molar-refractivity contribution < 1.29 is 8.53 Å². The van der Waals surface area contributed by atoms with Crippen LogP contribution in [0.5, 0.6) is 0 Å². The van der Waals surface area contributed by atoms with Crippen LogP contribution in [0, 0.1) is 6.85 Å². The molecule has 0 saturated carbocycles. The molecule has 0 radical (unpaired) electrons. The fourth-order valence-electron chi connectivity index (χ4n) is 7.46. The monoisotopic (exact) mass is 638 g/mol. The van der Waals surface area contributed by atoms with E-state index < -0.39 is 6.85 Å². The molecule has 0 fully saturated rings. The van der Waals surface area contributed by atoms with Crippen LogP contribution in [0.2, 0.25) is 0 Å². The van der Waals surface area contributed by atoms with Gasteiger partial charge < -0.3 is 4.42 Å². The first kappa shape index (κ1) is 26.2. The molecule has 0 aliphatic heterocycles. The molecular weight excluding hydrogens is 599 g/mol. The number of furan rings is 1. The number of para-hydroxylation sites is 3. The smallest absolute Gasteiger partial charge is 0.149 e. The van der Waals surface area contributed by atoms with E-state index in [2.05, 4.69) is 122 Å². The maximum atomic E-state index is 7.85. The molecular formula is C45H37N3O. The number of imidazole rings is 1. The Balaban J connectivity index is 1.32. The third kappa shape index (κ3) is 4.66. The molecule has 9 aromatic rings. The number of fused-ring (bicyclic) bond motifs is 7. The van der Waals surface area contributed by atoms with Gasteiger partial charge in [-0.15, -0.1) is 0 Å². The third-order valence-electron chi connectivity index (χ3n) is 9.83. The number of rotatable bonds is 5. The molecule has 0 N–H and O–H groups in total. The zero-order valence-corrected chi connectivity index (χ0v) is 28.0. The molecule has 4 heteroatoms. The lowest BCUT2D eigenvalue weighted by molar-refractivity contribution is 0.669. The fourth-order valence-corrected chi connectivity index (χ4v) is 7.46. The zero-order valence-electron chi connectivity index (χ0n) is 31.0. The highest BCUT2D eigenvalue weighted by Crippen LogP contribution is 2.44. The van der Waals surface area contributed by atoms with Gasteiger partial charge in [0.25, 0.3) is 0 Å². The number of aromatic nitrogens is 3. The van der Waals surface area contributed by atoms with Gasteiger partial charge in [-0.25, -0.2) is 4.98 Å². The predicted octanol–water partition coefficient (Wildman–Crippen LogP) is 12.5. The van der Waals surface area contributed by atoms with Crippen molar-refractivity contribution in [2.75, 3.05) is 0 Å². The van der Waals surface area contributed by atoms with Crippen LogP contribution in [0.1, 0.15) is 60.5 Å². The van der Waals surface area contributed by atoms with E-state index in [1.165, 1.54) is 27.9 Å². The van der Waals surface area contributed by atoms with E-state index in [0.717, 1.165) is 60.5 Å². The summed E-state index contributed by atoms with van der Waals surface area (Å²) in [4.78, 5) is 9.85. The molecule has 0 aliphatic rings. The van der Waals surface area contributed by atoms with Gasteiger partial charge in [0.2, 0.25) is 0 Å². The second-order valence-corrected chi connectivity index (χ2v) is 13.6. The van der Waals surface area contributed by atoms with E-state index in [4.69, 9.17) is 13.5 Å². The highest BCUT2D eigenvalue weighted by atomic mass is 16.3. The lowest BCUT2D eigenvalue weighted by atomic mass is 9.88. The lowest BCUT2D eigenvalue weighted by Gasteiger charge is -2.24. The standard InChI is InChI=1S/C45H37N3O/c1-26(2)35-23-32(29-12-7-6-8-13-29)24-36(27(3)4)43(35)48-40-17-10-9-16-38(40)47-45(48)34-15-11-14-33-42-37-22-31-19-18-28(5)46-39(31)25-30(37)20-21-41(42)49-44(33)34/h6-27H,1-5H3/i5D3. The summed E-state index contributed by atoms with van der Waals surface area (Å²) in [7, 11) is 0. The van der Waals surface area contributed by atoms with E-state index in [-0.39, 0.29) is 17.5 Å². The Morgan fingerprint density at radius 1 is 0.633 bits per heavy atom. The third-order valence-corrected chi connectivity index (χ3v) is 9.83. The molecule has 0 atom stereocenters. The van der Waals surface area contributed by atoms with Crippen LogP contribution < -0.4 is 0 Å². The average molecular weight is 639 g/mol. The Bertz CT molecular complexity index is 2820. The van der Waals surface area contributed by atoms with E-state index in [0.29, 0.717) is 5.52 Å². The molecule has 3 heterocycles. The van der Waals surface area contributed by atoms with Crippen molar-refractivity contribution in [2.45, 2.75) is 46.4 Å². The normalized spacial score (nSPS) is 13.3. The summed E-state index contributed by atoms with van der Waals surface area (Å²) in [6.45, 7) is 6.81. The first-order valence-corrected chi connectivity index (χ1v) is 17.0. The first-order valence-electron chi connectivity index (χ1n) is 18.5. The van der Waals surface area contributed by atoms with Gasteiger partial charge in [-0.1, -0.05) is 94.4 Å². The van der Waals surface area contributed by atoms with Gasteiger partial charge in [-0.2, -0.15) is 0 Å². The molecule has 0 unspecified atom stereocenters. The van der Waals surface area contributed by atoms with E-state index >= 15 is 0 Å². The van der Waals surface area contributed by atoms with Crippen molar-refractivity contribution in [2.24, 2.45) is 0 Å². The van der Waals surface area contributed by atoms with Crippen molar-refractivity contribution >= 4 is 54.6 Å². The van der Waals surface area contributed by atoms with Crippen LogP contribution in [0.15, 0.2) is 126 Å². The molecule has 0 bridgehead atoms. The van der Waals surface area contributed by atoms with Gasteiger partial charge >= 0.3 is 0 Å². The topological polar surface area (TPSA) is 43.9 Å². The van der Waals surface area contributed by atoms with Gasteiger partial charge in [0.05, 0.1) is 27.8 Å². The van der Waals surface area contributed by atoms with E-state index in [1.54, 1.807) is 6.07 Å². The van der Waals surface area contributed by atoms with Crippen molar-refractivity contribution in [1.29, 1.82) is 0 Å². The Morgan fingerprint density at radius 2 is 1.39 bits per heavy atom. The number of hydrogen-bond donors (Lipinski definition) is 0. The molecule has 49 heavy (non-hydrogen) atoms. The summed E-state index contributed by atoms with van der Waals surface area (Å²) < 4.78 is 32.7. The number of nitrogens with zero attached hydrogens (tertiary/aromatic N) is 3. The Hall–Kier alpha value is -5.74. The number of benzene rings is 6. The quantitative estimate of drug-likeness (QED) is 0.176. The molecule has 0 aliphatic carbocycles. The highest BCUT2D eigenvalue weighted by Gasteiger charge is 2.25. The number of hydrogen-bond acceptors (Lipinski definition) is 3. The van der Waals surface area contributed by atoms with E-state index in [9.17, 15) is 0 Å². The van der Waals surface area contributed by atoms with Gasteiger partial charge in [-0.05, 0) is 106 Å². The van der Waals surface area contributed by atoms with Gasteiger partial charge in [-0.3, -0.25) is 9.55 Å². The van der Waals surface area contributed by atoms with Crippen LogP contribution in [0.4, 0.5) is 0 Å². The summed E-state index contributed by atoms with van der Waals surface area (Å²) in [5.41, 5.74) is 11.3. The largest absolute Gasteiger partial charge is 0.455 e. The molecule has 238 valence electrons. The minimum Gasteiger partial charge on any atom is -0.455 e. The van der Waals surface area contributed by atoms with Gasteiger partial charge in [0.1, 0.15) is 17.0 Å². The second-order valence-electron chi connectivity index (χ2n) is 13.6. The maximum Gasteiger partial charge on any atom is 0.149 e.